The Balaban J connectivity index is 1.63. The van der Waals surface area contributed by atoms with Crippen LogP contribution in [-0.4, -0.2) is 24.5 Å². The SMILES string of the molecule is NC(=NCc1cnc(-c2ccc(Cl)cc2)c(-c2ccc(O)cc2)c1)NS(=O)(=O)c1ccccc1. The number of sulfonamides is 1. The molecule has 0 radical (unpaired) electrons. The number of pyridine rings is 1. The molecular formula is C25H21ClN4O3S. The van der Waals surface area contributed by atoms with Crippen molar-refractivity contribution < 1.29 is 13.5 Å². The first-order valence-corrected chi connectivity index (χ1v) is 12.1. The van der Waals surface area contributed by atoms with E-state index in [9.17, 15) is 13.5 Å². The van der Waals surface area contributed by atoms with Gasteiger partial charge in [-0.2, -0.15) is 0 Å². The standard InChI is InChI=1S/C25H21ClN4O3S/c26-20-10-6-19(7-11-20)24-23(18-8-12-21(31)13-9-18)14-17(15-28-24)16-29-25(27)30-34(32,33)22-4-2-1-3-5-22/h1-15,31H,16H2,(H3,27,29,30). The number of phenols is 1. The molecule has 0 aliphatic carbocycles. The number of aromatic nitrogens is 1. The van der Waals surface area contributed by atoms with Crippen LogP contribution in [0.4, 0.5) is 0 Å². The Morgan fingerprint density at radius 2 is 1.62 bits per heavy atom. The second-order valence-corrected chi connectivity index (χ2v) is 9.53. The van der Waals surface area contributed by atoms with Crippen LogP contribution in [0.2, 0.25) is 5.02 Å². The summed E-state index contributed by atoms with van der Waals surface area (Å²) >= 11 is 6.03. The fourth-order valence-electron chi connectivity index (χ4n) is 3.30. The van der Waals surface area contributed by atoms with Crippen molar-refractivity contribution in [1.82, 2.24) is 9.71 Å². The maximum absolute atomic E-state index is 12.4. The number of hydrogen-bond donors (Lipinski definition) is 3. The van der Waals surface area contributed by atoms with E-state index >= 15 is 0 Å². The zero-order valence-electron chi connectivity index (χ0n) is 17.9. The average molecular weight is 493 g/mol. The van der Waals surface area contributed by atoms with E-state index in [2.05, 4.69) is 14.7 Å². The largest absolute Gasteiger partial charge is 0.508 e. The van der Waals surface area contributed by atoms with Gasteiger partial charge in [0.1, 0.15) is 5.75 Å². The number of guanidine groups is 1. The van der Waals surface area contributed by atoms with E-state index in [0.29, 0.717) is 5.02 Å². The van der Waals surface area contributed by atoms with E-state index in [-0.39, 0.29) is 23.1 Å². The molecule has 0 aliphatic heterocycles. The number of hydrogen-bond acceptors (Lipinski definition) is 5. The first-order chi connectivity index (χ1) is 16.3. The van der Waals surface area contributed by atoms with E-state index in [1.807, 2.05) is 18.2 Å². The maximum Gasteiger partial charge on any atom is 0.264 e. The molecule has 0 saturated heterocycles. The zero-order chi connectivity index (χ0) is 24.1. The highest BCUT2D eigenvalue weighted by Gasteiger charge is 2.15. The van der Waals surface area contributed by atoms with Gasteiger partial charge in [0, 0.05) is 22.3 Å². The summed E-state index contributed by atoms with van der Waals surface area (Å²) in [4.78, 5) is 8.89. The summed E-state index contributed by atoms with van der Waals surface area (Å²) in [5, 5.41) is 10.3. The van der Waals surface area contributed by atoms with Crippen molar-refractivity contribution >= 4 is 27.6 Å². The van der Waals surface area contributed by atoms with Crippen LogP contribution in [0.3, 0.4) is 0 Å². The lowest BCUT2D eigenvalue weighted by molar-refractivity contribution is 0.475. The molecule has 0 fully saturated rings. The van der Waals surface area contributed by atoms with Gasteiger partial charge in [0.05, 0.1) is 17.1 Å². The van der Waals surface area contributed by atoms with E-state index < -0.39 is 10.0 Å². The first-order valence-electron chi connectivity index (χ1n) is 10.2. The molecule has 0 bridgehead atoms. The molecule has 0 atom stereocenters. The topological polar surface area (TPSA) is 118 Å². The summed E-state index contributed by atoms with van der Waals surface area (Å²) in [6.45, 7) is 0.113. The molecule has 3 aromatic carbocycles. The summed E-state index contributed by atoms with van der Waals surface area (Å²) in [5.74, 6) is -0.0687. The lowest BCUT2D eigenvalue weighted by atomic mass is 9.98. The van der Waals surface area contributed by atoms with E-state index in [1.54, 1.807) is 60.8 Å². The quantitative estimate of drug-likeness (QED) is 0.269. The minimum Gasteiger partial charge on any atom is -0.508 e. The van der Waals surface area contributed by atoms with Crippen molar-refractivity contribution in [2.45, 2.75) is 11.4 Å². The molecule has 0 aliphatic rings. The summed E-state index contributed by atoms with van der Waals surface area (Å²) in [6, 6.07) is 23.9. The summed E-state index contributed by atoms with van der Waals surface area (Å²) in [5.41, 5.74) is 9.84. The molecule has 34 heavy (non-hydrogen) atoms. The Labute approximate surface area is 202 Å². The molecule has 172 valence electrons. The molecule has 1 aromatic heterocycles. The molecule has 4 N–H and O–H groups in total. The predicted molar refractivity (Wildman–Crippen MR) is 134 cm³/mol. The summed E-state index contributed by atoms with van der Waals surface area (Å²) in [7, 11) is -3.82. The van der Waals surface area contributed by atoms with Crippen LogP contribution < -0.4 is 10.5 Å². The highest BCUT2D eigenvalue weighted by molar-refractivity contribution is 7.90. The lowest BCUT2D eigenvalue weighted by Crippen LogP contribution is -2.36. The van der Waals surface area contributed by atoms with Crippen LogP contribution >= 0.6 is 11.6 Å². The fraction of sp³-hybridized carbons (Fsp3) is 0.0400. The fourth-order valence-corrected chi connectivity index (χ4v) is 4.40. The number of rotatable bonds is 6. The van der Waals surface area contributed by atoms with Crippen molar-refractivity contribution in [2.24, 2.45) is 10.7 Å². The molecular weight excluding hydrogens is 472 g/mol. The number of nitrogens with zero attached hydrogens (tertiary/aromatic N) is 2. The van der Waals surface area contributed by atoms with Crippen molar-refractivity contribution in [1.29, 1.82) is 0 Å². The van der Waals surface area contributed by atoms with Crippen molar-refractivity contribution in [3.05, 3.63) is 102 Å². The third-order valence-corrected chi connectivity index (χ3v) is 6.59. The number of phenolic OH excluding ortho intramolecular Hbond substituents is 1. The van der Waals surface area contributed by atoms with E-state index in [1.165, 1.54) is 12.1 Å². The first kappa shape index (κ1) is 23.3. The number of aromatic hydroxyl groups is 1. The van der Waals surface area contributed by atoms with Gasteiger partial charge in [0.25, 0.3) is 10.0 Å². The highest BCUT2D eigenvalue weighted by Crippen LogP contribution is 2.32. The van der Waals surface area contributed by atoms with E-state index in [4.69, 9.17) is 17.3 Å². The third kappa shape index (κ3) is 5.54. The molecule has 4 rings (SSSR count). The number of aliphatic imine (C=N–C) groups is 1. The van der Waals surface area contributed by atoms with Crippen molar-refractivity contribution in [3.63, 3.8) is 0 Å². The zero-order valence-corrected chi connectivity index (χ0v) is 19.5. The maximum atomic E-state index is 12.4. The molecule has 0 spiro atoms. The average Bonchev–Trinajstić information content (AvgIpc) is 2.84. The van der Waals surface area contributed by atoms with Crippen LogP contribution in [0.1, 0.15) is 5.56 Å². The predicted octanol–water partition coefficient (Wildman–Crippen LogP) is 4.57. The van der Waals surface area contributed by atoms with Gasteiger partial charge in [-0.15, -0.1) is 0 Å². The smallest absolute Gasteiger partial charge is 0.264 e. The van der Waals surface area contributed by atoms with Crippen LogP contribution in [-0.2, 0) is 16.6 Å². The number of nitrogens with two attached hydrogens (primary N) is 1. The second-order valence-electron chi connectivity index (χ2n) is 7.41. The van der Waals surface area contributed by atoms with Crippen LogP contribution in [0.15, 0.2) is 101 Å². The summed E-state index contributed by atoms with van der Waals surface area (Å²) < 4.78 is 27.1. The molecule has 0 unspecified atom stereocenters. The van der Waals surface area contributed by atoms with Gasteiger partial charge < -0.3 is 10.8 Å². The molecule has 0 saturated carbocycles. The molecule has 4 aromatic rings. The Kier molecular flexibility index (Phi) is 6.81. The Morgan fingerprint density at radius 3 is 2.29 bits per heavy atom. The van der Waals surface area contributed by atoms with Gasteiger partial charge in [-0.25, -0.2) is 18.1 Å². The number of halogens is 1. The van der Waals surface area contributed by atoms with Crippen LogP contribution in [0, 0.1) is 0 Å². The minimum absolute atomic E-state index is 0.0942. The van der Waals surface area contributed by atoms with Crippen molar-refractivity contribution in [3.8, 4) is 28.1 Å². The summed E-state index contributed by atoms with van der Waals surface area (Å²) in [6.07, 6.45) is 1.66. The monoisotopic (exact) mass is 492 g/mol. The van der Waals surface area contributed by atoms with E-state index in [0.717, 1.165) is 27.9 Å². The molecule has 0 amide bonds. The molecule has 7 nitrogen and oxygen atoms in total. The molecule has 9 heteroatoms. The minimum atomic E-state index is -3.82. The Hall–Kier alpha value is -3.88. The number of nitrogens with one attached hydrogen (secondary N) is 1. The van der Waals surface area contributed by atoms with Crippen LogP contribution in [0.5, 0.6) is 5.75 Å². The highest BCUT2D eigenvalue weighted by atomic mass is 35.5. The van der Waals surface area contributed by atoms with Gasteiger partial charge in [0.15, 0.2) is 0 Å². The molecule has 1 heterocycles. The van der Waals surface area contributed by atoms with Gasteiger partial charge >= 0.3 is 0 Å². The van der Waals surface area contributed by atoms with Gasteiger partial charge in [0.2, 0.25) is 5.96 Å². The Morgan fingerprint density at radius 1 is 0.971 bits per heavy atom. The Bertz CT molecular complexity index is 1420. The lowest BCUT2D eigenvalue weighted by Gasteiger charge is -2.12. The third-order valence-electron chi connectivity index (χ3n) is 4.96. The van der Waals surface area contributed by atoms with Gasteiger partial charge in [-0.05, 0) is 53.6 Å². The number of benzene rings is 3. The van der Waals surface area contributed by atoms with Crippen molar-refractivity contribution in [2.75, 3.05) is 0 Å². The van der Waals surface area contributed by atoms with Gasteiger partial charge in [-0.3, -0.25) is 4.98 Å². The van der Waals surface area contributed by atoms with Crippen LogP contribution in [0.25, 0.3) is 22.4 Å². The second kappa shape index (κ2) is 9.94. The van der Waals surface area contributed by atoms with Gasteiger partial charge in [-0.1, -0.05) is 54.1 Å². The normalized spacial score (nSPS) is 11.9.